The minimum Gasteiger partial charge on any atom is -0.381 e. The molecule has 1 N–H and O–H groups in total. The first-order valence-electron chi connectivity index (χ1n) is 6.01. The highest BCUT2D eigenvalue weighted by Gasteiger charge is 2.27. The molecule has 0 atom stereocenters. The summed E-state index contributed by atoms with van der Waals surface area (Å²) in [5.41, 5.74) is 0.740. The van der Waals surface area contributed by atoms with E-state index in [0.29, 0.717) is 16.5 Å². The van der Waals surface area contributed by atoms with Gasteiger partial charge in [0.15, 0.2) is 0 Å². The zero-order valence-electron chi connectivity index (χ0n) is 10.4. The number of aromatic nitrogens is 1. The molecule has 1 saturated heterocycles. The summed E-state index contributed by atoms with van der Waals surface area (Å²) < 4.78 is 5.37. The van der Waals surface area contributed by atoms with E-state index in [1.54, 1.807) is 12.1 Å². The Hall–Kier alpha value is -1.31. The Bertz CT molecular complexity index is 464. The molecule has 1 aromatic rings. The van der Waals surface area contributed by atoms with E-state index < -0.39 is 0 Å². The molecule has 18 heavy (non-hydrogen) atoms. The predicted molar refractivity (Wildman–Crippen MR) is 70.6 cm³/mol. The number of rotatable bonds is 3. The van der Waals surface area contributed by atoms with Crippen molar-refractivity contribution in [3.05, 3.63) is 22.8 Å². The van der Waals surface area contributed by atoms with Crippen LogP contribution in [0.25, 0.3) is 0 Å². The third kappa shape index (κ3) is 3.34. The zero-order chi connectivity index (χ0) is 13.0. The summed E-state index contributed by atoms with van der Waals surface area (Å²) in [5.74, 6) is 0.659. The van der Waals surface area contributed by atoms with Crippen LogP contribution in [-0.2, 0) is 4.74 Å². The van der Waals surface area contributed by atoms with Crippen molar-refractivity contribution in [2.75, 3.05) is 25.1 Å². The van der Waals surface area contributed by atoms with Crippen molar-refractivity contribution >= 4 is 17.4 Å². The van der Waals surface area contributed by atoms with Crippen LogP contribution in [0.4, 0.5) is 5.82 Å². The average molecular weight is 266 g/mol. The molecule has 1 fully saturated rings. The fourth-order valence-corrected chi connectivity index (χ4v) is 2.21. The quantitative estimate of drug-likeness (QED) is 0.854. The second-order valence-corrected chi connectivity index (χ2v) is 5.34. The number of ether oxygens (including phenoxy) is 1. The van der Waals surface area contributed by atoms with Gasteiger partial charge in [0.1, 0.15) is 11.0 Å². The van der Waals surface area contributed by atoms with E-state index in [1.807, 2.05) is 0 Å². The lowest BCUT2D eigenvalue weighted by Gasteiger charge is -2.33. The normalized spacial score (nSPS) is 18.1. The molecule has 0 spiro atoms. The SMILES string of the molecule is CC1(CNc2cc(C#N)cc(Cl)n2)CCOCC1. The van der Waals surface area contributed by atoms with Gasteiger partial charge in [-0.3, -0.25) is 0 Å². The topological polar surface area (TPSA) is 57.9 Å². The Labute approximate surface area is 112 Å². The van der Waals surface area contributed by atoms with Gasteiger partial charge in [-0.2, -0.15) is 5.26 Å². The zero-order valence-corrected chi connectivity index (χ0v) is 11.1. The highest BCUT2D eigenvalue weighted by atomic mass is 35.5. The van der Waals surface area contributed by atoms with E-state index in [1.165, 1.54) is 0 Å². The van der Waals surface area contributed by atoms with E-state index in [2.05, 4.69) is 23.3 Å². The van der Waals surface area contributed by atoms with Crippen LogP contribution >= 0.6 is 11.6 Å². The molecule has 1 aliphatic rings. The van der Waals surface area contributed by atoms with Gasteiger partial charge in [0.2, 0.25) is 0 Å². The first-order valence-corrected chi connectivity index (χ1v) is 6.38. The second-order valence-electron chi connectivity index (χ2n) is 4.95. The predicted octanol–water partition coefficient (Wildman–Crippen LogP) is 2.84. The Balaban J connectivity index is 2.01. The summed E-state index contributed by atoms with van der Waals surface area (Å²) in [7, 11) is 0. The minimum atomic E-state index is 0.217. The maximum absolute atomic E-state index is 8.87. The van der Waals surface area contributed by atoms with E-state index in [0.717, 1.165) is 32.6 Å². The molecule has 0 bridgehead atoms. The van der Waals surface area contributed by atoms with Crippen LogP contribution in [0.3, 0.4) is 0 Å². The number of pyridine rings is 1. The Morgan fingerprint density at radius 2 is 2.22 bits per heavy atom. The van der Waals surface area contributed by atoms with E-state index in [-0.39, 0.29) is 5.41 Å². The van der Waals surface area contributed by atoms with Gasteiger partial charge in [-0.05, 0) is 30.4 Å². The van der Waals surface area contributed by atoms with Crippen LogP contribution in [0.5, 0.6) is 0 Å². The molecule has 5 heteroatoms. The molecule has 2 rings (SSSR count). The lowest BCUT2D eigenvalue weighted by molar-refractivity contribution is 0.0300. The lowest BCUT2D eigenvalue weighted by atomic mass is 9.82. The van der Waals surface area contributed by atoms with Crippen molar-refractivity contribution in [3.8, 4) is 6.07 Å². The monoisotopic (exact) mass is 265 g/mol. The largest absolute Gasteiger partial charge is 0.381 e. The fourth-order valence-electron chi connectivity index (χ4n) is 2.00. The Kier molecular flexibility index (Phi) is 4.05. The van der Waals surface area contributed by atoms with Gasteiger partial charge in [-0.1, -0.05) is 18.5 Å². The standard InChI is InChI=1S/C13H16ClN3O/c1-13(2-4-18-5-3-13)9-16-12-7-10(8-15)6-11(14)17-12/h6-7H,2-5,9H2,1H3,(H,16,17). The molecule has 0 amide bonds. The fraction of sp³-hybridized carbons (Fsp3) is 0.538. The molecule has 0 saturated carbocycles. The smallest absolute Gasteiger partial charge is 0.132 e. The Morgan fingerprint density at radius 1 is 1.50 bits per heavy atom. The highest BCUT2D eigenvalue weighted by Crippen LogP contribution is 2.29. The van der Waals surface area contributed by atoms with Crippen LogP contribution in [0, 0.1) is 16.7 Å². The first-order chi connectivity index (χ1) is 8.61. The van der Waals surface area contributed by atoms with E-state index in [4.69, 9.17) is 21.6 Å². The van der Waals surface area contributed by atoms with Crippen molar-refractivity contribution in [2.24, 2.45) is 5.41 Å². The third-order valence-corrected chi connectivity index (χ3v) is 3.51. The summed E-state index contributed by atoms with van der Waals surface area (Å²) >= 11 is 5.86. The third-order valence-electron chi connectivity index (χ3n) is 3.32. The van der Waals surface area contributed by atoms with Gasteiger partial charge in [0.25, 0.3) is 0 Å². The van der Waals surface area contributed by atoms with Gasteiger partial charge < -0.3 is 10.1 Å². The van der Waals surface area contributed by atoms with Crippen LogP contribution in [0.2, 0.25) is 5.15 Å². The average Bonchev–Trinajstić information content (AvgIpc) is 2.37. The molecule has 1 aliphatic heterocycles. The summed E-state index contributed by atoms with van der Waals surface area (Å²) in [4.78, 5) is 4.17. The molecule has 0 radical (unpaired) electrons. The lowest BCUT2D eigenvalue weighted by Crippen LogP contribution is -2.33. The van der Waals surface area contributed by atoms with E-state index >= 15 is 0 Å². The second kappa shape index (κ2) is 5.55. The van der Waals surface area contributed by atoms with Crippen molar-refractivity contribution in [2.45, 2.75) is 19.8 Å². The summed E-state index contributed by atoms with van der Waals surface area (Å²) in [5, 5.41) is 12.5. The van der Waals surface area contributed by atoms with Gasteiger partial charge in [-0.15, -0.1) is 0 Å². The Morgan fingerprint density at radius 3 is 2.89 bits per heavy atom. The number of nitriles is 1. The van der Waals surface area contributed by atoms with Gasteiger partial charge in [0, 0.05) is 19.8 Å². The van der Waals surface area contributed by atoms with Gasteiger partial charge in [0.05, 0.1) is 11.6 Å². The van der Waals surface area contributed by atoms with Crippen molar-refractivity contribution < 1.29 is 4.74 Å². The van der Waals surface area contributed by atoms with Gasteiger partial charge in [-0.25, -0.2) is 4.98 Å². The van der Waals surface area contributed by atoms with Crippen molar-refractivity contribution in [3.63, 3.8) is 0 Å². The molecule has 2 heterocycles. The summed E-state index contributed by atoms with van der Waals surface area (Å²) in [6.07, 6.45) is 2.07. The molecule has 96 valence electrons. The number of hydrogen-bond acceptors (Lipinski definition) is 4. The van der Waals surface area contributed by atoms with Gasteiger partial charge >= 0.3 is 0 Å². The van der Waals surface area contributed by atoms with Crippen LogP contribution in [0.1, 0.15) is 25.3 Å². The molecule has 4 nitrogen and oxygen atoms in total. The maximum Gasteiger partial charge on any atom is 0.132 e. The number of nitrogens with zero attached hydrogens (tertiary/aromatic N) is 2. The molecular formula is C13H16ClN3O. The molecular weight excluding hydrogens is 250 g/mol. The number of nitrogens with one attached hydrogen (secondary N) is 1. The maximum atomic E-state index is 8.87. The van der Waals surface area contributed by atoms with Crippen LogP contribution in [0.15, 0.2) is 12.1 Å². The van der Waals surface area contributed by atoms with E-state index in [9.17, 15) is 0 Å². The summed E-state index contributed by atoms with van der Waals surface area (Å²) in [6, 6.07) is 5.35. The molecule has 1 aromatic heterocycles. The number of halogens is 1. The molecule has 0 aromatic carbocycles. The number of hydrogen-bond donors (Lipinski definition) is 1. The van der Waals surface area contributed by atoms with Crippen molar-refractivity contribution in [1.29, 1.82) is 5.26 Å². The van der Waals surface area contributed by atoms with Crippen LogP contribution < -0.4 is 5.32 Å². The number of anilines is 1. The molecule has 0 unspecified atom stereocenters. The minimum absolute atomic E-state index is 0.217. The first kappa shape index (κ1) is 13.1. The van der Waals surface area contributed by atoms with Crippen molar-refractivity contribution in [1.82, 2.24) is 4.98 Å². The highest BCUT2D eigenvalue weighted by molar-refractivity contribution is 6.29. The molecule has 0 aliphatic carbocycles. The summed E-state index contributed by atoms with van der Waals surface area (Å²) in [6.45, 7) is 4.67. The van der Waals surface area contributed by atoms with Crippen LogP contribution in [-0.4, -0.2) is 24.7 Å².